The van der Waals surface area contributed by atoms with E-state index in [9.17, 15) is 18.0 Å². The first-order chi connectivity index (χ1) is 13.2. The van der Waals surface area contributed by atoms with Crippen molar-refractivity contribution >= 4 is 44.1 Å². The summed E-state index contributed by atoms with van der Waals surface area (Å²) in [5, 5.41) is 3.45. The third kappa shape index (κ3) is 4.68. The van der Waals surface area contributed by atoms with Crippen LogP contribution < -0.4 is 10.0 Å². The number of amides is 2. The number of anilines is 2. The number of likely N-dealkylation sites (N-methyl/N-ethyl adjacent to an activating group) is 1. The molecule has 8 nitrogen and oxygen atoms in total. The van der Waals surface area contributed by atoms with E-state index in [4.69, 9.17) is 0 Å². The van der Waals surface area contributed by atoms with Gasteiger partial charge in [-0.25, -0.2) is 8.42 Å². The quantitative estimate of drug-likeness (QED) is 0.589. The van der Waals surface area contributed by atoms with Crippen molar-refractivity contribution in [3.63, 3.8) is 0 Å². The Kier molecular flexibility index (Phi) is 5.36. The maximum atomic E-state index is 12.7. The van der Waals surface area contributed by atoms with Gasteiger partial charge in [0.2, 0.25) is 15.9 Å². The topological polar surface area (TPSA) is 111 Å². The summed E-state index contributed by atoms with van der Waals surface area (Å²) in [4.78, 5) is 29.3. The van der Waals surface area contributed by atoms with Gasteiger partial charge in [-0.2, -0.15) is 0 Å². The van der Waals surface area contributed by atoms with Crippen molar-refractivity contribution in [3.8, 4) is 0 Å². The standard InChI is InChI=1S/C19H20N4O4S/c1-23(19(25)16-11-20-17-9-4-3-8-15(16)17)12-18(24)21-13-6-5-7-14(10-13)22-28(2,26)27/h3-11,20,22H,12H2,1-2H3,(H,21,24). The number of nitrogens with zero attached hydrogens (tertiary/aromatic N) is 1. The van der Waals surface area contributed by atoms with Gasteiger partial charge in [0.1, 0.15) is 0 Å². The number of carbonyl (C=O) groups excluding carboxylic acids is 2. The number of carbonyl (C=O) groups is 2. The van der Waals surface area contributed by atoms with Crippen LogP contribution in [0.3, 0.4) is 0 Å². The minimum Gasteiger partial charge on any atom is -0.360 e. The van der Waals surface area contributed by atoms with Gasteiger partial charge in [-0.15, -0.1) is 0 Å². The van der Waals surface area contributed by atoms with Crippen LogP contribution in [0.25, 0.3) is 10.9 Å². The second-order valence-electron chi connectivity index (χ2n) is 6.41. The van der Waals surface area contributed by atoms with Crippen LogP contribution in [0.1, 0.15) is 10.4 Å². The summed E-state index contributed by atoms with van der Waals surface area (Å²) >= 11 is 0. The van der Waals surface area contributed by atoms with Crippen LogP contribution in [0.4, 0.5) is 11.4 Å². The SMILES string of the molecule is CN(CC(=O)Nc1cccc(NS(C)(=O)=O)c1)C(=O)c1c[nH]c2ccccc12. The molecule has 0 unspecified atom stereocenters. The largest absolute Gasteiger partial charge is 0.360 e. The number of nitrogens with one attached hydrogen (secondary N) is 3. The van der Waals surface area contributed by atoms with E-state index in [2.05, 4.69) is 15.0 Å². The van der Waals surface area contributed by atoms with E-state index in [0.29, 0.717) is 16.9 Å². The zero-order valence-corrected chi connectivity index (χ0v) is 16.2. The highest BCUT2D eigenvalue weighted by atomic mass is 32.2. The fourth-order valence-corrected chi connectivity index (χ4v) is 3.37. The molecule has 146 valence electrons. The molecule has 0 saturated carbocycles. The Morgan fingerprint density at radius 2 is 1.79 bits per heavy atom. The lowest BCUT2D eigenvalue weighted by Gasteiger charge is -2.16. The normalized spacial score (nSPS) is 11.2. The monoisotopic (exact) mass is 400 g/mol. The van der Waals surface area contributed by atoms with Gasteiger partial charge in [0.05, 0.1) is 24.1 Å². The summed E-state index contributed by atoms with van der Waals surface area (Å²) in [7, 11) is -1.87. The van der Waals surface area contributed by atoms with Crippen LogP contribution in [-0.2, 0) is 14.8 Å². The average Bonchev–Trinajstić information content (AvgIpc) is 3.03. The van der Waals surface area contributed by atoms with E-state index >= 15 is 0 Å². The molecule has 0 aliphatic rings. The molecular weight excluding hydrogens is 380 g/mol. The molecule has 2 amide bonds. The molecule has 1 aromatic heterocycles. The molecule has 0 atom stereocenters. The lowest BCUT2D eigenvalue weighted by atomic mass is 10.1. The number of H-pyrrole nitrogens is 1. The second-order valence-corrected chi connectivity index (χ2v) is 8.16. The van der Waals surface area contributed by atoms with Crippen LogP contribution in [-0.4, -0.2) is 50.0 Å². The average molecular weight is 400 g/mol. The van der Waals surface area contributed by atoms with Crippen molar-refractivity contribution < 1.29 is 18.0 Å². The molecule has 3 aromatic rings. The van der Waals surface area contributed by atoms with Crippen LogP contribution in [0.5, 0.6) is 0 Å². The smallest absolute Gasteiger partial charge is 0.256 e. The first-order valence-electron chi connectivity index (χ1n) is 8.42. The van der Waals surface area contributed by atoms with Crippen molar-refractivity contribution in [2.24, 2.45) is 0 Å². The third-order valence-electron chi connectivity index (χ3n) is 4.00. The number of aromatic nitrogens is 1. The molecule has 9 heteroatoms. The maximum Gasteiger partial charge on any atom is 0.256 e. The van der Waals surface area contributed by atoms with Crippen LogP contribution in [0.2, 0.25) is 0 Å². The van der Waals surface area contributed by atoms with Crippen molar-refractivity contribution in [3.05, 3.63) is 60.3 Å². The van der Waals surface area contributed by atoms with Gasteiger partial charge in [0, 0.05) is 29.8 Å². The minimum absolute atomic E-state index is 0.151. The maximum absolute atomic E-state index is 12.7. The fourth-order valence-electron chi connectivity index (χ4n) is 2.82. The summed E-state index contributed by atoms with van der Waals surface area (Å²) in [5.41, 5.74) is 2.10. The molecule has 3 N–H and O–H groups in total. The molecule has 28 heavy (non-hydrogen) atoms. The van der Waals surface area contributed by atoms with Crippen LogP contribution in [0, 0.1) is 0 Å². The Morgan fingerprint density at radius 1 is 1.07 bits per heavy atom. The van der Waals surface area contributed by atoms with E-state index in [-0.39, 0.29) is 12.5 Å². The van der Waals surface area contributed by atoms with Crippen molar-refractivity contribution in [2.75, 3.05) is 29.9 Å². The van der Waals surface area contributed by atoms with Crippen molar-refractivity contribution in [1.29, 1.82) is 0 Å². The van der Waals surface area contributed by atoms with E-state index in [1.165, 1.54) is 11.0 Å². The Labute approximate surface area is 162 Å². The van der Waals surface area contributed by atoms with Crippen molar-refractivity contribution in [2.45, 2.75) is 0 Å². The Bertz CT molecular complexity index is 1140. The molecule has 1 heterocycles. The van der Waals surface area contributed by atoms with Crippen LogP contribution in [0.15, 0.2) is 54.7 Å². The number of sulfonamides is 1. The van der Waals surface area contributed by atoms with E-state index in [1.54, 1.807) is 31.4 Å². The van der Waals surface area contributed by atoms with E-state index in [0.717, 1.165) is 17.2 Å². The minimum atomic E-state index is -3.41. The number of fused-ring (bicyclic) bond motifs is 1. The van der Waals surface area contributed by atoms with Crippen molar-refractivity contribution in [1.82, 2.24) is 9.88 Å². The number of aromatic amines is 1. The molecule has 0 radical (unpaired) electrons. The summed E-state index contributed by atoms with van der Waals surface area (Å²) in [6.45, 7) is -0.151. The predicted octanol–water partition coefficient (Wildman–Crippen LogP) is 2.25. The molecule has 2 aromatic carbocycles. The first-order valence-corrected chi connectivity index (χ1v) is 10.3. The Hall–Kier alpha value is -3.33. The second kappa shape index (κ2) is 7.73. The van der Waals surface area contributed by atoms with Gasteiger partial charge in [-0.3, -0.25) is 14.3 Å². The van der Waals surface area contributed by atoms with Crippen LogP contribution >= 0.6 is 0 Å². The molecule has 0 fully saturated rings. The highest BCUT2D eigenvalue weighted by molar-refractivity contribution is 7.92. The lowest BCUT2D eigenvalue weighted by Crippen LogP contribution is -2.34. The van der Waals surface area contributed by atoms with Gasteiger partial charge in [-0.05, 0) is 24.3 Å². The summed E-state index contributed by atoms with van der Waals surface area (Å²) in [5.74, 6) is -0.674. The molecule has 0 aliphatic heterocycles. The molecule has 3 rings (SSSR count). The van der Waals surface area contributed by atoms with E-state index in [1.807, 2.05) is 24.3 Å². The number of para-hydroxylation sites is 1. The predicted molar refractivity (Wildman–Crippen MR) is 109 cm³/mol. The zero-order valence-electron chi connectivity index (χ0n) is 15.4. The van der Waals surface area contributed by atoms with Gasteiger partial charge in [0.15, 0.2) is 0 Å². The van der Waals surface area contributed by atoms with Gasteiger partial charge >= 0.3 is 0 Å². The molecule has 0 saturated heterocycles. The molecular formula is C19H20N4O4S. The molecule has 0 aliphatic carbocycles. The number of rotatable bonds is 6. The van der Waals surface area contributed by atoms with Gasteiger partial charge in [0.25, 0.3) is 5.91 Å². The summed E-state index contributed by atoms with van der Waals surface area (Å²) in [6.07, 6.45) is 2.67. The number of hydrogen-bond acceptors (Lipinski definition) is 4. The Morgan fingerprint density at radius 3 is 2.54 bits per heavy atom. The summed E-state index contributed by atoms with van der Waals surface area (Å²) < 4.78 is 25.0. The Balaban J connectivity index is 1.66. The third-order valence-corrected chi connectivity index (χ3v) is 4.60. The highest BCUT2D eigenvalue weighted by Crippen LogP contribution is 2.19. The molecule has 0 bridgehead atoms. The number of benzene rings is 2. The van der Waals surface area contributed by atoms with Gasteiger partial charge < -0.3 is 15.2 Å². The lowest BCUT2D eigenvalue weighted by molar-refractivity contribution is -0.116. The molecule has 0 spiro atoms. The first kappa shape index (κ1) is 19.4. The zero-order chi connectivity index (χ0) is 20.3. The fraction of sp³-hybridized carbons (Fsp3) is 0.158. The van der Waals surface area contributed by atoms with E-state index < -0.39 is 15.9 Å². The van der Waals surface area contributed by atoms with Gasteiger partial charge in [-0.1, -0.05) is 24.3 Å². The highest BCUT2D eigenvalue weighted by Gasteiger charge is 2.18. The number of hydrogen-bond donors (Lipinski definition) is 3. The summed E-state index contributed by atoms with van der Waals surface area (Å²) in [6, 6.07) is 13.7.